The Labute approximate surface area is 97.1 Å². The van der Waals surface area contributed by atoms with Crippen LogP contribution in [-0.2, 0) is 4.74 Å². The molecule has 0 unspecified atom stereocenters. The second-order valence-corrected chi connectivity index (χ2v) is 3.00. The normalized spacial score (nSPS) is 9.94. The molecule has 0 amide bonds. The maximum atomic E-state index is 13.8. The molecule has 0 aliphatic carbocycles. The maximum Gasteiger partial charge on any atom is 0.345 e. The van der Waals surface area contributed by atoms with Crippen molar-refractivity contribution in [2.24, 2.45) is 0 Å². The van der Waals surface area contributed by atoms with Gasteiger partial charge < -0.3 is 14.2 Å². The van der Waals surface area contributed by atoms with Crippen molar-refractivity contribution in [1.29, 1.82) is 0 Å². The molecule has 0 bridgehead atoms. The van der Waals surface area contributed by atoms with Crippen molar-refractivity contribution in [3.8, 4) is 11.5 Å². The van der Waals surface area contributed by atoms with Crippen LogP contribution in [0.3, 0.4) is 0 Å². The van der Waals surface area contributed by atoms with Gasteiger partial charge in [-0.1, -0.05) is 0 Å². The van der Waals surface area contributed by atoms with E-state index in [0.29, 0.717) is 0 Å². The topological polar surface area (TPSA) is 44.8 Å². The molecule has 1 rings (SSSR count). The molecule has 6 heteroatoms. The first kappa shape index (κ1) is 13.2. The summed E-state index contributed by atoms with van der Waals surface area (Å²) in [5, 5.41) is 0. The molecule has 0 heterocycles. The summed E-state index contributed by atoms with van der Waals surface area (Å²) >= 11 is 0. The minimum atomic E-state index is -1.14. The van der Waals surface area contributed by atoms with Gasteiger partial charge in [0.1, 0.15) is 11.3 Å². The van der Waals surface area contributed by atoms with Crippen molar-refractivity contribution in [2.75, 3.05) is 20.8 Å². The van der Waals surface area contributed by atoms with Crippen LogP contribution in [0.4, 0.5) is 8.78 Å². The zero-order valence-corrected chi connectivity index (χ0v) is 9.67. The minimum Gasteiger partial charge on any atom is -0.496 e. The number of carbonyl (C=O) groups excluding carboxylic acids is 1. The predicted molar refractivity (Wildman–Crippen MR) is 55.4 cm³/mol. The van der Waals surface area contributed by atoms with Crippen molar-refractivity contribution in [3.63, 3.8) is 0 Å². The second-order valence-electron chi connectivity index (χ2n) is 3.00. The summed E-state index contributed by atoms with van der Waals surface area (Å²) < 4.78 is 41.1. The molecular weight excluding hydrogens is 234 g/mol. The lowest BCUT2D eigenvalue weighted by atomic mass is 10.1. The Hall–Kier alpha value is -1.85. The van der Waals surface area contributed by atoms with Crippen LogP contribution < -0.4 is 9.47 Å². The van der Waals surface area contributed by atoms with Crippen LogP contribution in [-0.4, -0.2) is 26.8 Å². The Balaban J connectivity index is 3.39. The zero-order valence-electron chi connectivity index (χ0n) is 9.67. The van der Waals surface area contributed by atoms with Crippen LogP contribution in [0.2, 0.25) is 0 Å². The van der Waals surface area contributed by atoms with Crippen LogP contribution in [0.5, 0.6) is 11.5 Å². The summed E-state index contributed by atoms with van der Waals surface area (Å²) in [6, 6.07) is 0.869. The molecule has 0 saturated heterocycles. The van der Waals surface area contributed by atoms with Gasteiger partial charge in [0.05, 0.1) is 20.8 Å². The van der Waals surface area contributed by atoms with Crippen LogP contribution >= 0.6 is 0 Å². The number of hydrogen-bond acceptors (Lipinski definition) is 4. The summed E-state index contributed by atoms with van der Waals surface area (Å²) in [7, 11) is 2.30. The molecule has 0 N–H and O–H groups in total. The fourth-order valence-corrected chi connectivity index (χ4v) is 1.32. The Morgan fingerprint density at radius 3 is 2.41 bits per heavy atom. The maximum absolute atomic E-state index is 13.8. The van der Waals surface area contributed by atoms with E-state index < -0.39 is 28.9 Å². The summed E-state index contributed by atoms with van der Waals surface area (Å²) in [5.41, 5.74) is -0.479. The van der Waals surface area contributed by atoms with Crippen molar-refractivity contribution in [3.05, 3.63) is 23.3 Å². The molecular formula is C11H12F2O4. The van der Waals surface area contributed by atoms with Gasteiger partial charge in [0.2, 0.25) is 0 Å². The SMILES string of the molecule is CCOC(=O)c1c(OC)cc(F)c(OC)c1F. The highest BCUT2D eigenvalue weighted by atomic mass is 19.1. The fourth-order valence-electron chi connectivity index (χ4n) is 1.32. The van der Waals surface area contributed by atoms with Crippen LogP contribution in [0, 0.1) is 11.6 Å². The molecule has 0 fully saturated rings. The smallest absolute Gasteiger partial charge is 0.345 e. The Morgan fingerprint density at radius 1 is 1.29 bits per heavy atom. The molecule has 1 aromatic carbocycles. The molecule has 0 aliphatic rings. The molecule has 0 saturated carbocycles. The molecule has 0 aliphatic heterocycles. The highest BCUT2D eigenvalue weighted by Crippen LogP contribution is 2.32. The van der Waals surface area contributed by atoms with E-state index in [9.17, 15) is 13.6 Å². The quantitative estimate of drug-likeness (QED) is 0.764. The second kappa shape index (κ2) is 5.47. The number of methoxy groups -OCH3 is 2. The minimum absolute atomic E-state index is 0.0706. The molecule has 0 radical (unpaired) electrons. The number of carbonyl (C=O) groups is 1. The summed E-state index contributed by atoms with van der Waals surface area (Å²) in [4.78, 5) is 11.5. The van der Waals surface area contributed by atoms with E-state index in [2.05, 4.69) is 9.47 Å². The molecule has 94 valence electrons. The van der Waals surface area contributed by atoms with E-state index in [0.717, 1.165) is 13.2 Å². The van der Waals surface area contributed by atoms with E-state index in [-0.39, 0.29) is 12.4 Å². The lowest BCUT2D eigenvalue weighted by Gasteiger charge is -2.12. The van der Waals surface area contributed by atoms with Crippen LogP contribution in [0.1, 0.15) is 17.3 Å². The van der Waals surface area contributed by atoms with Crippen molar-refractivity contribution in [2.45, 2.75) is 6.92 Å². The third kappa shape index (κ3) is 2.46. The Morgan fingerprint density at radius 2 is 1.94 bits per heavy atom. The van der Waals surface area contributed by atoms with Gasteiger partial charge in [-0.05, 0) is 6.92 Å². The summed E-state index contributed by atoms with van der Waals surface area (Å²) in [5.74, 6) is -3.90. The third-order valence-corrected chi connectivity index (χ3v) is 2.04. The number of hydrogen-bond donors (Lipinski definition) is 0. The van der Waals surface area contributed by atoms with Crippen molar-refractivity contribution in [1.82, 2.24) is 0 Å². The van der Waals surface area contributed by atoms with Gasteiger partial charge in [0.15, 0.2) is 17.4 Å². The van der Waals surface area contributed by atoms with Gasteiger partial charge >= 0.3 is 5.97 Å². The number of halogens is 2. The first-order valence-electron chi connectivity index (χ1n) is 4.83. The average Bonchev–Trinajstić information content (AvgIpc) is 2.28. The van der Waals surface area contributed by atoms with Gasteiger partial charge in [-0.3, -0.25) is 0 Å². The van der Waals surface area contributed by atoms with Gasteiger partial charge in [-0.15, -0.1) is 0 Å². The van der Waals surface area contributed by atoms with Gasteiger partial charge in [-0.25, -0.2) is 13.6 Å². The van der Waals surface area contributed by atoms with Crippen LogP contribution in [0.15, 0.2) is 6.07 Å². The number of benzene rings is 1. The van der Waals surface area contributed by atoms with E-state index in [1.54, 1.807) is 6.92 Å². The summed E-state index contributed by atoms with van der Waals surface area (Å²) in [6.45, 7) is 1.64. The Bertz CT molecular complexity index is 432. The van der Waals surface area contributed by atoms with Crippen LogP contribution in [0.25, 0.3) is 0 Å². The first-order valence-corrected chi connectivity index (χ1v) is 4.83. The van der Waals surface area contributed by atoms with E-state index >= 15 is 0 Å². The first-order chi connectivity index (χ1) is 8.06. The zero-order chi connectivity index (χ0) is 13.0. The average molecular weight is 246 g/mol. The highest BCUT2D eigenvalue weighted by Gasteiger charge is 2.26. The Kier molecular flexibility index (Phi) is 4.25. The monoisotopic (exact) mass is 246 g/mol. The summed E-state index contributed by atoms with van der Waals surface area (Å²) in [6.07, 6.45) is 0. The number of esters is 1. The number of ether oxygens (including phenoxy) is 3. The molecule has 0 atom stereocenters. The number of rotatable bonds is 4. The molecule has 17 heavy (non-hydrogen) atoms. The lowest BCUT2D eigenvalue weighted by Crippen LogP contribution is -2.11. The molecule has 1 aromatic rings. The fraction of sp³-hybridized carbons (Fsp3) is 0.364. The van der Waals surface area contributed by atoms with E-state index in [1.165, 1.54) is 7.11 Å². The molecule has 0 aromatic heterocycles. The largest absolute Gasteiger partial charge is 0.496 e. The van der Waals surface area contributed by atoms with E-state index in [4.69, 9.17) is 4.74 Å². The van der Waals surface area contributed by atoms with Crippen molar-refractivity contribution >= 4 is 5.97 Å². The standard InChI is InChI=1S/C11H12F2O4/c1-4-17-11(14)8-7(15-2)5-6(12)10(16-3)9(8)13/h5H,4H2,1-3H3. The van der Waals surface area contributed by atoms with Gasteiger partial charge in [0, 0.05) is 6.07 Å². The van der Waals surface area contributed by atoms with E-state index in [1.807, 2.05) is 0 Å². The van der Waals surface area contributed by atoms with Crippen molar-refractivity contribution < 1.29 is 27.8 Å². The highest BCUT2D eigenvalue weighted by molar-refractivity contribution is 5.93. The molecule has 0 spiro atoms. The lowest BCUT2D eigenvalue weighted by molar-refractivity contribution is 0.0516. The predicted octanol–water partition coefficient (Wildman–Crippen LogP) is 2.16. The third-order valence-electron chi connectivity index (χ3n) is 2.04. The molecule has 4 nitrogen and oxygen atoms in total. The van der Waals surface area contributed by atoms with Gasteiger partial charge in [0.25, 0.3) is 0 Å². The van der Waals surface area contributed by atoms with Gasteiger partial charge in [-0.2, -0.15) is 0 Å².